The van der Waals surface area contributed by atoms with Crippen molar-refractivity contribution in [1.82, 2.24) is 19.2 Å². The maximum Gasteiger partial charge on any atom is 0.307 e. The van der Waals surface area contributed by atoms with Crippen LogP contribution in [-0.4, -0.2) is 72.5 Å². The fraction of sp³-hybridized carbons (Fsp3) is 0.342. The molecule has 8 nitrogen and oxygen atoms in total. The summed E-state index contributed by atoms with van der Waals surface area (Å²) in [5.41, 5.74) is 6.43. The second kappa shape index (κ2) is 13.2. The van der Waals surface area contributed by atoms with Crippen LogP contribution >= 0.6 is 23.4 Å². The molecule has 10 heteroatoms. The number of fused-ring (bicyclic) bond motifs is 1. The Balaban J connectivity index is 1.29. The standard InChI is InChI=1S/C38H38ClN5O3S/c1-37(39)34(28-6-3-2-4-7-28)8-5-12-38(37,48-35-18-26(9-13-41-35)21-43-15-11-33(45)25-43)30-19-31-16-27(17-32(20-40)44(31)24-30)22-42-14-10-29(23-42)36(46)47/h2-9,12-13,16-19,24,29,33,45H,10-11,14-15,21-23,25H2,1H3,(H,46,47)/t29-,33-,37?,38?/m1/s1. The number of carbonyl (C=O) groups is 1. The van der Waals surface area contributed by atoms with Gasteiger partial charge in [-0.1, -0.05) is 60.3 Å². The van der Waals surface area contributed by atoms with E-state index >= 15 is 0 Å². The number of aliphatic carboxylic acids is 1. The maximum absolute atomic E-state index is 11.6. The zero-order valence-corrected chi connectivity index (χ0v) is 28.4. The van der Waals surface area contributed by atoms with Crippen LogP contribution in [0, 0.1) is 17.2 Å². The van der Waals surface area contributed by atoms with E-state index in [0.717, 1.165) is 57.9 Å². The number of likely N-dealkylation sites (tertiary alicyclic amines) is 2. The van der Waals surface area contributed by atoms with E-state index in [0.29, 0.717) is 38.3 Å². The predicted octanol–water partition coefficient (Wildman–Crippen LogP) is 6.32. The SMILES string of the molecule is CC1(Cl)C(c2ccccc2)=CC=CC1(Sc1cc(CN2CC[C@@H](O)C2)ccn1)c1cc2cc(CN3CC[C@@H](C(=O)O)C3)cc(C#N)n2c1. The topological polar surface area (TPSA) is 105 Å². The number of nitrogens with zero attached hydrogens (tertiary/aromatic N) is 5. The van der Waals surface area contributed by atoms with Gasteiger partial charge in [0.1, 0.15) is 11.8 Å². The first-order chi connectivity index (χ1) is 23.1. The van der Waals surface area contributed by atoms with E-state index in [1.54, 1.807) is 11.8 Å². The number of thioether (sulfide) groups is 1. The van der Waals surface area contributed by atoms with Gasteiger partial charge in [-0.2, -0.15) is 5.26 Å². The number of carboxylic acid groups (broad SMARTS) is 1. The Morgan fingerprint density at radius 1 is 1.06 bits per heavy atom. The molecule has 5 heterocycles. The van der Waals surface area contributed by atoms with E-state index in [9.17, 15) is 20.3 Å². The number of β-amino-alcohol motifs (C(OH)–C–C–N with tert-alkyl or cyclic N) is 1. The fourth-order valence-electron chi connectivity index (χ4n) is 7.41. The molecule has 2 N–H and O–H groups in total. The number of hydrogen-bond donors (Lipinski definition) is 2. The van der Waals surface area contributed by atoms with Crippen LogP contribution < -0.4 is 0 Å². The lowest BCUT2D eigenvalue weighted by atomic mass is 9.76. The highest BCUT2D eigenvalue weighted by molar-refractivity contribution is 8.00. The molecule has 2 saturated heterocycles. The van der Waals surface area contributed by atoms with Crippen molar-refractivity contribution in [1.29, 1.82) is 5.26 Å². The summed E-state index contributed by atoms with van der Waals surface area (Å²) in [5, 5.41) is 30.7. The van der Waals surface area contributed by atoms with Crippen LogP contribution in [0.15, 0.2) is 96.3 Å². The van der Waals surface area contributed by atoms with E-state index in [2.05, 4.69) is 71.4 Å². The minimum atomic E-state index is -0.924. The third kappa shape index (κ3) is 6.20. The molecule has 3 aromatic heterocycles. The lowest BCUT2D eigenvalue weighted by Crippen LogP contribution is -2.43. The van der Waals surface area contributed by atoms with Crippen LogP contribution in [0.5, 0.6) is 0 Å². The highest BCUT2D eigenvalue weighted by atomic mass is 35.5. The van der Waals surface area contributed by atoms with Gasteiger partial charge in [-0.3, -0.25) is 14.6 Å². The molecule has 0 saturated carbocycles. The molecule has 3 aliphatic rings. The van der Waals surface area contributed by atoms with E-state index < -0.39 is 15.6 Å². The van der Waals surface area contributed by atoms with Gasteiger partial charge in [0.05, 0.1) is 26.7 Å². The summed E-state index contributed by atoms with van der Waals surface area (Å²) < 4.78 is 1.11. The molecule has 4 atom stereocenters. The minimum absolute atomic E-state index is 0.281. The average Bonchev–Trinajstić information content (AvgIpc) is 3.82. The number of aliphatic hydroxyl groups excluding tert-OH is 1. The van der Waals surface area contributed by atoms with Gasteiger partial charge in [0, 0.05) is 50.6 Å². The number of aliphatic hydroxyl groups is 1. The summed E-state index contributed by atoms with van der Waals surface area (Å²) in [6, 6.07) is 22.8. The first-order valence-electron chi connectivity index (χ1n) is 16.3. The quantitative estimate of drug-likeness (QED) is 0.198. The van der Waals surface area contributed by atoms with Crippen LogP contribution in [0.25, 0.3) is 11.1 Å². The summed E-state index contributed by atoms with van der Waals surface area (Å²) in [7, 11) is 0. The highest BCUT2D eigenvalue weighted by Gasteiger charge is 2.52. The monoisotopic (exact) mass is 679 g/mol. The molecule has 0 radical (unpaired) electrons. The summed E-state index contributed by atoms with van der Waals surface area (Å²) in [6.07, 6.45) is 11.3. The van der Waals surface area contributed by atoms with E-state index in [1.165, 1.54) is 0 Å². The molecular formula is C38H38ClN5O3S. The zero-order valence-electron chi connectivity index (χ0n) is 26.8. The average molecular weight is 680 g/mol. The zero-order chi connectivity index (χ0) is 33.5. The van der Waals surface area contributed by atoms with Crippen molar-refractivity contribution in [2.24, 2.45) is 5.92 Å². The van der Waals surface area contributed by atoms with Gasteiger partial charge in [0.15, 0.2) is 0 Å². The predicted molar refractivity (Wildman–Crippen MR) is 189 cm³/mol. The molecule has 2 unspecified atom stereocenters. The van der Waals surface area contributed by atoms with Gasteiger partial charge in [0.25, 0.3) is 0 Å². The number of alkyl halides is 1. The van der Waals surface area contributed by atoms with Crippen molar-refractivity contribution in [2.45, 2.75) is 53.6 Å². The van der Waals surface area contributed by atoms with Gasteiger partial charge in [0.2, 0.25) is 0 Å². The number of benzene rings is 1. The summed E-state index contributed by atoms with van der Waals surface area (Å²) in [5.74, 6) is -1.12. The van der Waals surface area contributed by atoms with E-state index in [1.807, 2.05) is 47.1 Å². The van der Waals surface area contributed by atoms with E-state index in [-0.39, 0.29) is 12.0 Å². The molecule has 1 aromatic carbocycles. The third-order valence-corrected chi connectivity index (χ3v) is 12.1. The van der Waals surface area contributed by atoms with Crippen molar-refractivity contribution >= 4 is 40.4 Å². The second-order valence-electron chi connectivity index (χ2n) is 13.3. The Kier molecular flexibility index (Phi) is 8.96. The molecule has 1 aliphatic carbocycles. The summed E-state index contributed by atoms with van der Waals surface area (Å²) >= 11 is 9.43. The molecule has 246 valence electrons. The Labute approximate surface area is 290 Å². The van der Waals surface area contributed by atoms with Crippen LogP contribution in [0.1, 0.15) is 47.7 Å². The lowest BCUT2D eigenvalue weighted by molar-refractivity contribution is -0.141. The number of allylic oxidation sites excluding steroid dienone is 3. The molecule has 0 bridgehead atoms. The van der Waals surface area contributed by atoms with Crippen molar-refractivity contribution in [3.8, 4) is 6.07 Å². The van der Waals surface area contributed by atoms with Crippen molar-refractivity contribution in [2.75, 3.05) is 26.2 Å². The smallest absolute Gasteiger partial charge is 0.307 e. The van der Waals surface area contributed by atoms with Crippen LogP contribution in [-0.2, 0) is 22.6 Å². The fourth-order valence-corrected chi connectivity index (χ4v) is 9.20. The first kappa shape index (κ1) is 32.6. The van der Waals surface area contributed by atoms with Crippen molar-refractivity contribution < 1.29 is 15.0 Å². The van der Waals surface area contributed by atoms with E-state index in [4.69, 9.17) is 16.6 Å². The summed E-state index contributed by atoms with van der Waals surface area (Å²) in [4.78, 5) is 19.8. The van der Waals surface area contributed by atoms with Gasteiger partial charge in [-0.25, -0.2) is 4.98 Å². The number of halogens is 1. The lowest BCUT2D eigenvalue weighted by Gasteiger charge is -2.45. The van der Waals surface area contributed by atoms with Crippen molar-refractivity contribution in [3.05, 3.63) is 119 Å². The molecule has 0 amide bonds. The molecule has 4 aromatic rings. The molecule has 2 aliphatic heterocycles. The number of carboxylic acids is 1. The number of pyridine rings is 2. The van der Waals surface area contributed by atoms with Crippen LogP contribution in [0.2, 0.25) is 0 Å². The Morgan fingerprint density at radius 3 is 2.56 bits per heavy atom. The Bertz CT molecular complexity index is 1950. The molecule has 7 rings (SSSR count). The third-order valence-electron chi connectivity index (χ3n) is 9.94. The van der Waals surface area contributed by atoms with Gasteiger partial charge < -0.3 is 14.6 Å². The van der Waals surface area contributed by atoms with Crippen LogP contribution in [0.3, 0.4) is 0 Å². The Hall–Kier alpha value is -3.91. The molecule has 2 fully saturated rings. The highest BCUT2D eigenvalue weighted by Crippen LogP contribution is 2.59. The first-order valence-corrected chi connectivity index (χ1v) is 17.5. The van der Waals surface area contributed by atoms with Gasteiger partial charge in [-0.05, 0) is 84.5 Å². The Morgan fingerprint density at radius 2 is 1.83 bits per heavy atom. The van der Waals surface area contributed by atoms with Crippen molar-refractivity contribution in [3.63, 3.8) is 0 Å². The number of hydrogen-bond acceptors (Lipinski definition) is 7. The molecule has 0 spiro atoms. The molecule has 48 heavy (non-hydrogen) atoms. The molecular weight excluding hydrogens is 642 g/mol. The number of aromatic nitrogens is 2. The van der Waals surface area contributed by atoms with Gasteiger partial charge in [-0.15, -0.1) is 11.6 Å². The van der Waals surface area contributed by atoms with Gasteiger partial charge >= 0.3 is 5.97 Å². The normalized spacial score (nSPS) is 26.2. The number of nitriles is 1. The van der Waals surface area contributed by atoms with Crippen LogP contribution in [0.4, 0.5) is 0 Å². The summed E-state index contributed by atoms with van der Waals surface area (Å²) in [6.45, 7) is 6.12. The number of rotatable bonds is 9. The maximum atomic E-state index is 11.6. The largest absolute Gasteiger partial charge is 0.481 e. The second-order valence-corrected chi connectivity index (χ2v) is 15.3. The minimum Gasteiger partial charge on any atom is -0.481 e.